The van der Waals surface area contributed by atoms with Crippen LogP contribution < -0.4 is 5.19 Å². The molecule has 5 aromatic rings. The van der Waals surface area contributed by atoms with E-state index in [1.54, 1.807) is 60.8 Å². The molecule has 2 heterocycles. The first-order valence-corrected chi connectivity index (χ1v) is 16.6. The maximum absolute atomic E-state index is 14.2. The summed E-state index contributed by atoms with van der Waals surface area (Å²) in [5.74, 6) is -1.33. The molecule has 0 saturated heterocycles. The zero-order chi connectivity index (χ0) is 33.9. The minimum atomic E-state index is -2.13. The summed E-state index contributed by atoms with van der Waals surface area (Å²) in [7, 11) is -1.61. The Kier molecular flexibility index (Phi) is 8.67. The molecule has 5 rings (SSSR count). The van der Waals surface area contributed by atoms with E-state index in [2.05, 4.69) is 41.7 Å². The van der Waals surface area contributed by atoms with E-state index in [0.717, 1.165) is 16.8 Å². The van der Waals surface area contributed by atoms with Crippen molar-refractivity contribution in [2.75, 3.05) is 0 Å². The Bertz CT molecular complexity index is 1770. The van der Waals surface area contributed by atoms with E-state index >= 15 is 0 Å². The van der Waals surface area contributed by atoms with Crippen LogP contribution in [0.3, 0.4) is 0 Å². The van der Waals surface area contributed by atoms with Crippen LogP contribution in [0.4, 0.5) is 4.39 Å². The van der Waals surface area contributed by atoms with E-state index in [-0.39, 0.29) is 31.2 Å². The second-order valence-electron chi connectivity index (χ2n) is 10.7. The summed E-state index contributed by atoms with van der Waals surface area (Å²) in [5.41, 5.74) is 4.32. The molecule has 0 spiro atoms. The molecule has 0 amide bonds. The number of hydrogen-bond acceptors (Lipinski definition) is 2. The third kappa shape index (κ3) is 8.87. The molecule has 41 heavy (non-hydrogen) atoms. The Morgan fingerprint density at radius 3 is 2.24 bits per heavy atom. The van der Waals surface area contributed by atoms with Crippen LogP contribution in [-0.2, 0) is 26.5 Å². The molecule has 0 saturated carbocycles. The van der Waals surface area contributed by atoms with Crippen molar-refractivity contribution in [1.82, 2.24) is 9.97 Å². The van der Waals surface area contributed by atoms with E-state index in [1.807, 2.05) is 32.2 Å². The van der Waals surface area contributed by atoms with Crippen LogP contribution in [0.25, 0.3) is 22.5 Å². The Balaban J connectivity index is 0.000000251. The van der Waals surface area contributed by atoms with Gasteiger partial charge in [0.2, 0.25) is 0 Å². The number of aryl methyl sites for hydroxylation is 1. The molecule has 0 N–H and O–H groups in total. The van der Waals surface area contributed by atoms with Crippen molar-refractivity contribution < 1.29 is 32.7 Å². The molecule has 0 bridgehead atoms. The summed E-state index contributed by atoms with van der Waals surface area (Å²) in [6.07, 6.45) is 1.60. The van der Waals surface area contributed by atoms with Crippen LogP contribution in [0.5, 0.6) is 0 Å². The van der Waals surface area contributed by atoms with Crippen LogP contribution in [0.15, 0.2) is 97.3 Å². The standard InChI is InChI=1S/C18H13FN.C18H24NSi.Ir/c19-17-10-9-15(18-8-4-5-11-20-18)13-16(17)12-14-6-2-1-3-7-14;1-13(2)16-11-17(15-9-7-14(3)8-10-15)19-12-18(16)20(4,5)6;/h1-8,10-11,13H,12H2;7-9,11-13H,1-6H3;/q2*-1;/i12D2;3D3,13D;. The molecule has 0 unspecified atom stereocenters. The molecule has 0 fully saturated rings. The van der Waals surface area contributed by atoms with Gasteiger partial charge in [-0.05, 0) is 40.5 Å². The third-order valence-corrected chi connectivity index (χ3v) is 8.25. The van der Waals surface area contributed by atoms with Gasteiger partial charge in [0.25, 0.3) is 0 Å². The fourth-order valence-electron chi connectivity index (χ4n) is 4.11. The first kappa shape index (κ1) is 24.4. The smallest absolute Gasteiger partial charge is 0.0799 e. The van der Waals surface area contributed by atoms with Gasteiger partial charge in [0.15, 0.2) is 0 Å². The average molecular weight is 743 g/mol. The van der Waals surface area contributed by atoms with Gasteiger partial charge in [0, 0.05) is 46.5 Å². The van der Waals surface area contributed by atoms with Gasteiger partial charge in [-0.25, -0.2) is 0 Å². The maximum Gasteiger partial charge on any atom is 0.0799 e. The van der Waals surface area contributed by atoms with Crippen LogP contribution in [0.2, 0.25) is 19.6 Å². The second-order valence-corrected chi connectivity index (χ2v) is 15.7. The van der Waals surface area contributed by atoms with E-state index in [1.165, 1.54) is 23.4 Å². The van der Waals surface area contributed by atoms with Gasteiger partial charge >= 0.3 is 0 Å². The molecule has 213 valence electrons. The first-order valence-electron chi connectivity index (χ1n) is 16.1. The molecular weight excluding hydrogens is 700 g/mol. The van der Waals surface area contributed by atoms with Gasteiger partial charge in [-0.3, -0.25) is 4.39 Å². The SMILES string of the molecule is [2H]C([2H])([2H])c1c[c-]c(-c2cc(C([2H])(C)C)c([Si](C)(C)C)cn2)cc1.[2H]C([2H])(c1ccccc1)c1cc(-c2ccccn2)[c-]cc1F.[Ir]. The number of pyridine rings is 2. The van der Waals surface area contributed by atoms with Gasteiger partial charge in [-0.2, -0.15) is 0 Å². The molecule has 2 nitrogen and oxygen atoms in total. The predicted octanol–water partition coefficient (Wildman–Crippen LogP) is 8.80. The quantitative estimate of drug-likeness (QED) is 0.129. The van der Waals surface area contributed by atoms with Crippen LogP contribution in [-0.4, -0.2) is 18.0 Å². The number of halogens is 1. The van der Waals surface area contributed by atoms with E-state index in [4.69, 9.17) is 8.22 Å². The minimum Gasteiger partial charge on any atom is -0.305 e. The van der Waals surface area contributed by atoms with Crippen LogP contribution in [0.1, 0.15) is 50.2 Å². The van der Waals surface area contributed by atoms with E-state index in [0.29, 0.717) is 16.8 Å². The van der Waals surface area contributed by atoms with Crippen molar-refractivity contribution in [3.63, 3.8) is 0 Å². The molecule has 0 aliphatic carbocycles. The van der Waals surface area contributed by atoms with Crippen LogP contribution in [0, 0.1) is 24.8 Å². The monoisotopic (exact) mass is 743 g/mol. The summed E-state index contributed by atoms with van der Waals surface area (Å²) in [4.78, 5) is 8.76. The fraction of sp³-hybridized carbons (Fsp3) is 0.222. The van der Waals surface area contributed by atoms with Crippen molar-refractivity contribution in [2.24, 2.45) is 0 Å². The maximum atomic E-state index is 14.2. The normalized spacial score (nSPS) is 14.0. The number of nitrogens with zero attached hydrogens (tertiary/aromatic N) is 2. The van der Waals surface area contributed by atoms with Crippen LogP contribution >= 0.6 is 0 Å². The zero-order valence-electron chi connectivity index (χ0n) is 29.8. The zero-order valence-corrected chi connectivity index (χ0v) is 27.2. The molecule has 1 radical (unpaired) electrons. The van der Waals surface area contributed by atoms with Crippen molar-refractivity contribution >= 4 is 13.3 Å². The summed E-state index contributed by atoms with van der Waals surface area (Å²) in [6.45, 7) is 8.38. The minimum absolute atomic E-state index is 0. The average Bonchev–Trinajstić information content (AvgIpc) is 3.01. The molecule has 3 aromatic carbocycles. The van der Waals surface area contributed by atoms with Crippen molar-refractivity contribution in [3.8, 4) is 22.5 Å². The van der Waals surface area contributed by atoms with Gasteiger partial charge < -0.3 is 9.97 Å². The summed E-state index contributed by atoms with van der Waals surface area (Å²) in [6, 6.07) is 29.2. The molecule has 0 aliphatic rings. The van der Waals surface area contributed by atoms with Gasteiger partial charge in [-0.1, -0.05) is 100.0 Å². The molecule has 2 aromatic heterocycles. The Morgan fingerprint density at radius 1 is 0.902 bits per heavy atom. The number of hydrogen-bond donors (Lipinski definition) is 0. The van der Waals surface area contributed by atoms with Gasteiger partial charge in [0.1, 0.15) is 0 Å². The molecule has 0 aliphatic heterocycles. The fourth-order valence-corrected chi connectivity index (χ4v) is 5.70. The van der Waals surface area contributed by atoms with Crippen molar-refractivity contribution in [1.29, 1.82) is 0 Å². The Hall–Kier alpha value is -3.24. The van der Waals surface area contributed by atoms with E-state index < -0.39 is 33.0 Å². The summed E-state index contributed by atoms with van der Waals surface area (Å²) in [5, 5.41) is 1.19. The van der Waals surface area contributed by atoms with Crippen molar-refractivity contribution in [3.05, 3.63) is 138 Å². The van der Waals surface area contributed by atoms with Crippen molar-refractivity contribution in [2.45, 2.75) is 52.6 Å². The topological polar surface area (TPSA) is 25.8 Å². The molecular formula is C36H37FIrN2Si-2. The van der Waals surface area contributed by atoms with Gasteiger partial charge in [0.05, 0.1) is 8.07 Å². The Morgan fingerprint density at radius 2 is 1.63 bits per heavy atom. The molecule has 0 atom stereocenters. The third-order valence-electron chi connectivity index (χ3n) is 6.23. The molecule has 5 heteroatoms. The predicted molar refractivity (Wildman–Crippen MR) is 168 cm³/mol. The largest absolute Gasteiger partial charge is 0.305 e. The number of aromatic nitrogens is 2. The summed E-state index contributed by atoms with van der Waals surface area (Å²) < 4.78 is 61.6. The van der Waals surface area contributed by atoms with E-state index in [9.17, 15) is 4.39 Å². The Labute approximate surface area is 267 Å². The summed E-state index contributed by atoms with van der Waals surface area (Å²) >= 11 is 0. The number of rotatable bonds is 6. The second kappa shape index (κ2) is 14.6. The first-order chi connectivity index (χ1) is 21.4. The van der Waals surface area contributed by atoms with Gasteiger partial charge in [-0.15, -0.1) is 59.2 Å². The number of benzene rings is 3.